The van der Waals surface area contributed by atoms with Gasteiger partial charge in [0.05, 0.1) is 5.56 Å². The summed E-state index contributed by atoms with van der Waals surface area (Å²) in [6.45, 7) is 1.87. The number of hydrogen-bond acceptors (Lipinski definition) is 0. The van der Waals surface area contributed by atoms with E-state index in [1.807, 2.05) is 6.92 Å². The highest BCUT2D eigenvalue weighted by Gasteiger charge is 2.30. The average molecular weight is 268 g/mol. The number of hydrogen-bond donors (Lipinski definition) is 0. The first-order chi connectivity index (χ1) is 8.88. The SMILES string of the molecule is C[C@H](c1ccc(F)cc1)c1ccc(C(F)(F)F)cc1. The molecule has 0 heterocycles. The van der Waals surface area contributed by atoms with Gasteiger partial charge in [-0.15, -0.1) is 0 Å². The minimum atomic E-state index is -4.32. The van der Waals surface area contributed by atoms with E-state index >= 15 is 0 Å². The van der Waals surface area contributed by atoms with Crippen molar-refractivity contribution in [2.75, 3.05) is 0 Å². The average Bonchev–Trinajstić information content (AvgIpc) is 2.38. The van der Waals surface area contributed by atoms with Gasteiger partial charge in [0.15, 0.2) is 0 Å². The smallest absolute Gasteiger partial charge is 0.207 e. The van der Waals surface area contributed by atoms with Gasteiger partial charge < -0.3 is 0 Å². The van der Waals surface area contributed by atoms with Gasteiger partial charge in [0.25, 0.3) is 0 Å². The summed E-state index contributed by atoms with van der Waals surface area (Å²) in [5, 5.41) is 0. The third kappa shape index (κ3) is 3.13. The van der Waals surface area contributed by atoms with Crippen LogP contribution in [0.4, 0.5) is 17.6 Å². The van der Waals surface area contributed by atoms with Gasteiger partial charge in [0, 0.05) is 5.92 Å². The van der Waals surface area contributed by atoms with Crippen LogP contribution in [-0.4, -0.2) is 0 Å². The minimum absolute atomic E-state index is 0.0807. The summed E-state index contributed by atoms with van der Waals surface area (Å²) < 4.78 is 50.2. The van der Waals surface area contributed by atoms with E-state index in [1.54, 1.807) is 12.1 Å². The lowest BCUT2D eigenvalue weighted by molar-refractivity contribution is -0.137. The first kappa shape index (κ1) is 13.6. The lowest BCUT2D eigenvalue weighted by Crippen LogP contribution is -2.05. The molecule has 0 saturated heterocycles. The Balaban J connectivity index is 2.25. The van der Waals surface area contributed by atoms with E-state index in [0.717, 1.165) is 23.3 Å². The zero-order valence-corrected chi connectivity index (χ0v) is 10.2. The number of benzene rings is 2. The molecule has 2 aromatic rings. The van der Waals surface area contributed by atoms with Gasteiger partial charge >= 0.3 is 6.18 Å². The van der Waals surface area contributed by atoms with Crippen molar-refractivity contribution < 1.29 is 17.6 Å². The van der Waals surface area contributed by atoms with Gasteiger partial charge in [0.2, 0.25) is 0 Å². The van der Waals surface area contributed by atoms with E-state index in [-0.39, 0.29) is 11.7 Å². The number of rotatable bonds is 2. The van der Waals surface area contributed by atoms with Gasteiger partial charge in [-0.25, -0.2) is 4.39 Å². The fourth-order valence-corrected chi connectivity index (χ4v) is 1.90. The molecule has 0 radical (unpaired) electrons. The quantitative estimate of drug-likeness (QED) is 0.672. The van der Waals surface area contributed by atoms with E-state index < -0.39 is 11.7 Å². The normalized spacial score (nSPS) is 13.3. The third-order valence-corrected chi connectivity index (χ3v) is 3.11. The van der Waals surface area contributed by atoms with E-state index in [4.69, 9.17) is 0 Å². The van der Waals surface area contributed by atoms with Crippen molar-refractivity contribution in [2.24, 2.45) is 0 Å². The summed E-state index contributed by atoms with van der Waals surface area (Å²) in [4.78, 5) is 0. The highest BCUT2D eigenvalue weighted by molar-refractivity contribution is 5.34. The topological polar surface area (TPSA) is 0 Å². The molecule has 0 fully saturated rings. The molecule has 2 aromatic carbocycles. The molecule has 0 aromatic heterocycles. The maximum absolute atomic E-state index is 12.8. The molecule has 0 bridgehead atoms. The van der Waals surface area contributed by atoms with E-state index in [1.165, 1.54) is 24.3 Å². The second-order valence-electron chi connectivity index (χ2n) is 4.39. The summed E-state index contributed by atoms with van der Waals surface area (Å²) in [5.74, 6) is -0.411. The monoisotopic (exact) mass is 268 g/mol. The lowest BCUT2D eigenvalue weighted by atomic mass is 9.92. The summed E-state index contributed by atoms with van der Waals surface area (Å²) in [6.07, 6.45) is -4.32. The molecule has 1 atom stereocenters. The molecule has 0 nitrogen and oxygen atoms in total. The Labute approximate surface area is 108 Å². The maximum atomic E-state index is 12.8. The van der Waals surface area contributed by atoms with Gasteiger partial charge in [-0.05, 0) is 35.4 Å². The van der Waals surface area contributed by atoms with Crippen LogP contribution in [0.5, 0.6) is 0 Å². The Morgan fingerprint density at radius 2 is 1.21 bits per heavy atom. The van der Waals surface area contributed by atoms with Crippen molar-refractivity contribution in [3.05, 3.63) is 71.0 Å². The molecule has 0 amide bonds. The molecular weight excluding hydrogens is 256 g/mol. The largest absolute Gasteiger partial charge is 0.416 e. The Bertz CT molecular complexity index is 538. The third-order valence-electron chi connectivity index (χ3n) is 3.11. The molecule has 0 spiro atoms. The van der Waals surface area contributed by atoms with Crippen molar-refractivity contribution in [3.63, 3.8) is 0 Å². The highest BCUT2D eigenvalue weighted by Crippen LogP contribution is 2.31. The van der Waals surface area contributed by atoms with Crippen LogP contribution in [0.15, 0.2) is 48.5 Å². The molecule has 19 heavy (non-hydrogen) atoms. The van der Waals surface area contributed by atoms with Gasteiger partial charge in [-0.1, -0.05) is 31.2 Å². The Morgan fingerprint density at radius 3 is 1.63 bits per heavy atom. The minimum Gasteiger partial charge on any atom is -0.207 e. The Hall–Kier alpha value is -1.84. The van der Waals surface area contributed by atoms with Crippen LogP contribution >= 0.6 is 0 Å². The number of alkyl halides is 3. The van der Waals surface area contributed by atoms with E-state index in [2.05, 4.69) is 0 Å². The standard InChI is InChI=1S/C15H12F4/c1-10(12-4-8-14(16)9-5-12)11-2-6-13(7-3-11)15(17,18)19/h2-10H,1H3/t10-/m0/s1. The molecule has 2 rings (SSSR count). The predicted molar refractivity (Wildman–Crippen MR) is 65.4 cm³/mol. The fraction of sp³-hybridized carbons (Fsp3) is 0.200. The Kier molecular flexibility index (Phi) is 3.60. The highest BCUT2D eigenvalue weighted by atomic mass is 19.4. The summed E-state index contributed by atoms with van der Waals surface area (Å²) in [6, 6.07) is 11.0. The molecule has 0 aliphatic carbocycles. The van der Waals surface area contributed by atoms with Crippen molar-refractivity contribution in [1.82, 2.24) is 0 Å². The molecule has 100 valence electrons. The summed E-state index contributed by atoms with van der Waals surface area (Å²) in [7, 11) is 0. The molecule has 4 heteroatoms. The van der Waals surface area contributed by atoms with Crippen molar-refractivity contribution in [2.45, 2.75) is 19.0 Å². The summed E-state index contributed by atoms with van der Waals surface area (Å²) >= 11 is 0. The van der Waals surface area contributed by atoms with Gasteiger partial charge in [0.1, 0.15) is 5.82 Å². The molecule has 0 aliphatic heterocycles. The van der Waals surface area contributed by atoms with Crippen LogP contribution in [0.3, 0.4) is 0 Å². The van der Waals surface area contributed by atoms with Gasteiger partial charge in [-0.3, -0.25) is 0 Å². The predicted octanol–water partition coefficient (Wildman–Crippen LogP) is 5.00. The first-order valence-electron chi connectivity index (χ1n) is 5.80. The fourth-order valence-electron chi connectivity index (χ4n) is 1.90. The molecule has 0 saturated carbocycles. The van der Waals surface area contributed by atoms with Crippen LogP contribution in [-0.2, 0) is 6.18 Å². The van der Waals surface area contributed by atoms with Crippen molar-refractivity contribution in [1.29, 1.82) is 0 Å². The first-order valence-corrected chi connectivity index (χ1v) is 5.80. The van der Waals surface area contributed by atoms with Crippen molar-refractivity contribution >= 4 is 0 Å². The zero-order valence-electron chi connectivity index (χ0n) is 10.2. The second-order valence-corrected chi connectivity index (χ2v) is 4.39. The van der Waals surface area contributed by atoms with Crippen LogP contribution in [0.25, 0.3) is 0 Å². The van der Waals surface area contributed by atoms with E-state index in [0.29, 0.717) is 0 Å². The number of halogens is 4. The molecule has 0 aliphatic rings. The van der Waals surface area contributed by atoms with E-state index in [9.17, 15) is 17.6 Å². The molecule has 0 N–H and O–H groups in total. The molecule has 0 unspecified atom stereocenters. The van der Waals surface area contributed by atoms with Crippen LogP contribution in [0, 0.1) is 5.82 Å². The van der Waals surface area contributed by atoms with Crippen LogP contribution in [0.2, 0.25) is 0 Å². The van der Waals surface area contributed by atoms with Crippen LogP contribution in [0.1, 0.15) is 29.5 Å². The molecular formula is C15H12F4. The maximum Gasteiger partial charge on any atom is 0.416 e. The second kappa shape index (κ2) is 5.03. The van der Waals surface area contributed by atoms with Crippen LogP contribution < -0.4 is 0 Å². The Morgan fingerprint density at radius 1 is 0.789 bits per heavy atom. The van der Waals surface area contributed by atoms with Gasteiger partial charge in [-0.2, -0.15) is 13.2 Å². The zero-order chi connectivity index (χ0) is 14.0. The van der Waals surface area contributed by atoms with Crippen molar-refractivity contribution in [3.8, 4) is 0 Å². The lowest BCUT2D eigenvalue weighted by Gasteiger charge is -2.14. The summed E-state index contributed by atoms with van der Waals surface area (Å²) in [5.41, 5.74) is 0.961.